The van der Waals surface area contributed by atoms with Crippen LogP contribution in [0.2, 0.25) is 0 Å². The maximum absolute atomic E-state index is 10.0. The van der Waals surface area contributed by atoms with Crippen molar-refractivity contribution in [2.45, 2.75) is 19.9 Å². The molecule has 72 valence electrons. The standard InChI is InChI=1S/C5H11NO2.BH3O3/c1-3(2)4(6)5(7)8;2-1(3)4/h3-4H,6H2,1-2H3,(H,7,8);2-4H/t4-;/m0./s1. The summed E-state index contributed by atoms with van der Waals surface area (Å²) in [5.41, 5.74) is 5.16. The molecule has 1 atom stereocenters. The molecule has 7 heteroatoms. The monoisotopic (exact) mass is 179 g/mol. The summed E-state index contributed by atoms with van der Waals surface area (Å²) in [4.78, 5) is 10.0. The minimum absolute atomic E-state index is 0.0208. The van der Waals surface area contributed by atoms with Crippen LogP contribution >= 0.6 is 0 Å². The van der Waals surface area contributed by atoms with Crippen LogP contribution in [0.5, 0.6) is 0 Å². The lowest BCUT2D eigenvalue weighted by atomic mass is 10.1. The first-order valence-corrected chi connectivity index (χ1v) is 3.31. The van der Waals surface area contributed by atoms with E-state index in [1.807, 2.05) is 0 Å². The topological polar surface area (TPSA) is 124 Å². The maximum atomic E-state index is 10.0. The number of hydrogen-bond acceptors (Lipinski definition) is 5. The Morgan fingerprint density at radius 2 is 1.58 bits per heavy atom. The normalized spacial score (nSPS) is 11.6. The molecule has 0 unspecified atom stereocenters. The van der Waals surface area contributed by atoms with Crippen LogP contribution in [0.15, 0.2) is 0 Å². The molecule has 0 fully saturated rings. The lowest BCUT2D eigenvalue weighted by Gasteiger charge is -2.07. The highest BCUT2D eigenvalue weighted by molar-refractivity contribution is 6.30. The molecule has 6 nitrogen and oxygen atoms in total. The molecule has 0 radical (unpaired) electrons. The van der Waals surface area contributed by atoms with E-state index in [0.717, 1.165) is 0 Å². The van der Waals surface area contributed by atoms with Gasteiger partial charge in [-0.3, -0.25) is 4.79 Å². The second-order valence-corrected chi connectivity index (χ2v) is 2.45. The predicted molar refractivity (Wildman–Crippen MR) is 42.9 cm³/mol. The van der Waals surface area contributed by atoms with Gasteiger partial charge < -0.3 is 25.9 Å². The molecule has 0 saturated carbocycles. The quantitative estimate of drug-likeness (QED) is 0.312. The van der Waals surface area contributed by atoms with Crippen molar-refractivity contribution in [3.05, 3.63) is 0 Å². The molecule has 0 spiro atoms. The number of nitrogens with two attached hydrogens (primary N) is 1. The van der Waals surface area contributed by atoms with Gasteiger partial charge in [-0.1, -0.05) is 13.8 Å². The van der Waals surface area contributed by atoms with E-state index < -0.39 is 19.3 Å². The first-order valence-electron chi connectivity index (χ1n) is 3.31. The first kappa shape index (κ1) is 13.9. The lowest BCUT2D eigenvalue weighted by molar-refractivity contribution is -0.139. The van der Waals surface area contributed by atoms with Gasteiger partial charge in [-0.25, -0.2) is 0 Å². The van der Waals surface area contributed by atoms with E-state index in [-0.39, 0.29) is 5.92 Å². The molecule has 0 heterocycles. The third-order valence-electron chi connectivity index (χ3n) is 1.00. The van der Waals surface area contributed by atoms with E-state index in [2.05, 4.69) is 0 Å². The Bertz CT molecular complexity index is 126. The fourth-order valence-corrected chi connectivity index (χ4v) is 0.285. The van der Waals surface area contributed by atoms with Crippen LogP contribution in [0.1, 0.15) is 13.8 Å². The second-order valence-electron chi connectivity index (χ2n) is 2.45. The van der Waals surface area contributed by atoms with Crippen molar-refractivity contribution in [2.24, 2.45) is 11.7 Å². The second kappa shape index (κ2) is 7.05. The summed E-state index contributed by atoms with van der Waals surface area (Å²) < 4.78 is 0. The van der Waals surface area contributed by atoms with E-state index in [4.69, 9.17) is 25.9 Å². The Morgan fingerprint density at radius 3 is 1.58 bits per heavy atom. The number of carbonyl (C=O) groups is 1. The Hall–Kier alpha value is -0.625. The molecule has 0 aliphatic carbocycles. The van der Waals surface area contributed by atoms with Gasteiger partial charge in [-0.05, 0) is 5.92 Å². The van der Waals surface area contributed by atoms with Crippen LogP contribution in [0, 0.1) is 5.92 Å². The number of aliphatic carboxylic acids is 1. The van der Waals surface area contributed by atoms with E-state index in [1.165, 1.54) is 0 Å². The Kier molecular flexibility index (Phi) is 8.18. The fourth-order valence-electron chi connectivity index (χ4n) is 0.285. The van der Waals surface area contributed by atoms with Gasteiger partial charge >= 0.3 is 13.3 Å². The van der Waals surface area contributed by atoms with Gasteiger partial charge in [-0.15, -0.1) is 0 Å². The van der Waals surface area contributed by atoms with Gasteiger partial charge in [0.1, 0.15) is 6.04 Å². The van der Waals surface area contributed by atoms with Gasteiger partial charge in [0.05, 0.1) is 0 Å². The third-order valence-corrected chi connectivity index (χ3v) is 1.00. The molecule has 0 rings (SSSR count). The van der Waals surface area contributed by atoms with Crippen LogP contribution in [0.3, 0.4) is 0 Å². The summed E-state index contributed by atoms with van der Waals surface area (Å²) in [5.74, 6) is -0.910. The number of carboxylic acids is 1. The van der Waals surface area contributed by atoms with E-state index >= 15 is 0 Å². The molecule has 0 aromatic rings. The third kappa shape index (κ3) is 12.1. The van der Waals surface area contributed by atoms with E-state index in [1.54, 1.807) is 13.8 Å². The molecule has 0 bridgehead atoms. The summed E-state index contributed by atoms with van der Waals surface area (Å²) >= 11 is 0. The summed E-state index contributed by atoms with van der Waals surface area (Å²) in [6, 6.07) is -0.713. The summed E-state index contributed by atoms with van der Waals surface area (Å²) in [6.45, 7) is 3.55. The average molecular weight is 179 g/mol. The molecule has 0 aliphatic rings. The van der Waals surface area contributed by atoms with Crippen molar-refractivity contribution in [2.75, 3.05) is 0 Å². The zero-order chi connectivity index (χ0) is 10.3. The van der Waals surface area contributed by atoms with Crippen molar-refractivity contribution in [3.63, 3.8) is 0 Å². The molecule has 6 N–H and O–H groups in total. The highest BCUT2D eigenvalue weighted by atomic mass is 16.5. The van der Waals surface area contributed by atoms with Crippen LogP contribution in [0.25, 0.3) is 0 Å². The Morgan fingerprint density at radius 1 is 1.33 bits per heavy atom. The van der Waals surface area contributed by atoms with Crippen molar-refractivity contribution in [3.8, 4) is 0 Å². The van der Waals surface area contributed by atoms with E-state index in [0.29, 0.717) is 0 Å². The zero-order valence-electron chi connectivity index (χ0n) is 7.01. The molecule has 0 aliphatic heterocycles. The highest BCUT2D eigenvalue weighted by Crippen LogP contribution is 1.96. The summed E-state index contributed by atoms with van der Waals surface area (Å²) in [6.07, 6.45) is 0. The van der Waals surface area contributed by atoms with Gasteiger partial charge in [0.2, 0.25) is 0 Å². The molecular weight excluding hydrogens is 165 g/mol. The molecule has 0 amide bonds. The SMILES string of the molecule is CC(C)[C@H](N)C(=O)O.OB(O)O. The smallest absolute Gasteiger partial charge is 0.480 e. The minimum atomic E-state index is -2.17. The van der Waals surface area contributed by atoms with Crippen molar-refractivity contribution < 1.29 is 25.0 Å². The number of rotatable bonds is 2. The molecule has 12 heavy (non-hydrogen) atoms. The summed E-state index contributed by atoms with van der Waals surface area (Å²) in [5, 5.41) is 29.7. The van der Waals surface area contributed by atoms with Crippen LogP contribution in [-0.4, -0.2) is 39.5 Å². The minimum Gasteiger partial charge on any atom is -0.480 e. The maximum Gasteiger partial charge on any atom is 0.631 e. The lowest BCUT2D eigenvalue weighted by Crippen LogP contribution is -2.34. The largest absolute Gasteiger partial charge is 0.631 e. The number of carboxylic acid groups (broad SMARTS) is 1. The fraction of sp³-hybridized carbons (Fsp3) is 0.800. The van der Waals surface area contributed by atoms with Crippen molar-refractivity contribution in [1.29, 1.82) is 0 Å². The van der Waals surface area contributed by atoms with Gasteiger partial charge in [0.15, 0.2) is 0 Å². The van der Waals surface area contributed by atoms with Crippen LogP contribution in [0.4, 0.5) is 0 Å². The number of hydrogen-bond donors (Lipinski definition) is 5. The first-order chi connectivity index (χ1) is 5.29. The molecular formula is C5H14BNO5. The molecule has 0 saturated heterocycles. The zero-order valence-corrected chi connectivity index (χ0v) is 7.01. The van der Waals surface area contributed by atoms with Crippen LogP contribution in [-0.2, 0) is 4.79 Å². The van der Waals surface area contributed by atoms with Crippen molar-refractivity contribution in [1.82, 2.24) is 0 Å². The highest BCUT2D eigenvalue weighted by Gasteiger charge is 2.14. The Balaban J connectivity index is 0. The van der Waals surface area contributed by atoms with Gasteiger partial charge in [0.25, 0.3) is 0 Å². The Labute approximate surface area is 70.8 Å². The summed E-state index contributed by atoms with van der Waals surface area (Å²) in [7, 11) is -2.17. The van der Waals surface area contributed by atoms with Gasteiger partial charge in [-0.2, -0.15) is 0 Å². The van der Waals surface area contributed by atoms with Gasteiger partial charge in [0, 0.05) is 0 Å². The predicted octanol–water partition coefficient (Wildman–Crippen LogP) is -2.00. The molecule has 0 aromatic heterocycles. The van der Waals surface area contributed by atoms with Crippen LogP contribution < -0.4 is 5.73 Å². The van der Waals surface area contributed by atoms with E-state index in [9.17, 15) is 4.79 Å². The average Bonchev–Trinajstić information content (AvgIpc) is 1.84. The van der Waals surface area contributed by atoms with Crippen molar-refractivity contribution >= 4 is 13.3 Å². The molecule has 0 aromatic carbocycles.